The standard InChI is InChI=1S/C13H14F3N3.2C3H4O4/c1-17-6-5-11-8-18-12(19-11)9-3-2-4-10(7-9)13(14,15)16;2*4-2(5)1-3(6)7/h2-4,7-8,17H,5-6H2,1H3,(H,18,19);2*1H2,(H,4,5)(H,6,7). The summed E-state index contributed by atoms with van der Waals surface area (Å²) in [4.78, 5) is 44.9. The Morgan fingerprint density at radius 1 is 0.970 bits per heavy atom. The number of imidazole rings is 1. The lowest BCUT2D eigenvalue weighted by Gasteiger charge is -2.07. The minimum Gasteiger partial charge on any atom is -0.481 e. The molecule has 0 radical (unpaired) electrons. The molecule has 0 unspecified atom stereocenters. The Morgan fingerprint density at radius 3 is 1.88 bits per heavy atom. The van der Waals surface area contributed by atoms with Crippen molar-refractivity contribution in [3.8, 4) is 11.4 Å². The van der Waals surface area contributed by atoms with Gasteiger partial charge in [0.05, 0.1) is 5.56 Å². The van der Waals surface area contributed by atoms with Gasteiger partial charge in [0.25, 0.3) is 0 Å². The Morgan fingerprint density at radius 2 is 1.48 bits per heavy atom. The molecule has 0 aliphatic carbocycles. The average Bonchev–Trinajstić information content (AvgIpc) is 3.13. The van der Waals surface area contributed by atoms with Crippen molar-refractivity contribution in [2.45, 2.75) is 25.4 Å². The van der Waals surface area contributed by atoms with Gasteiger partial charge in [0.1, 0.15) is 18.7 Å². The molecule has 182 valence electrons. The molecule has 0 bridgehead atoms. The summed E-state index contributed by atoms with van der Waals surface area (Å²) in [5.74, 6) is -4.79. The zero-order chi connectivity index (χ0) is 25.6. The summed E-state index contributed by atoms with van der Waals surface area (Å²) < 4.78 is 37.8. The number of hydrogen-bond donors (Lipinski definition) is 6. The summed E-state index contributed by atoms with van der Waals surface area (Å²) >= 11 is 0. The monoisotopic (exact) mass is 477 g/mol. The van der Waals surface area contributed by atoms with Crippen LogP contribution in [0.1, 0.15) is 24.1 Å². The van der Waals surface area contributed by atoms with Gasteiger partial charge in [0.15, 0.2) is 0 Å². The van der Waals surface area contributed by atoms with Crippen LogP contribution in [-0.2, 0) is 31.8 Å². The van der Waals surface area contributed by atoms with Crippen molar-refractivity contribution in [2.24, 2.45) is 0 Å². The molecule has 1 aromatic carbocycles. The van der Waals surface area contributed by atoms with E-state index in [2.05, 4.69) is 15.3 Å². The number of nitrogens with one attached hydrogen (secondary N) is 2. The Kier molecular flexibility index (Phi) is 12.5. The average molecular weight is 477 g/mol. The van der Waals surface area contributed by atoms with Crippen LogP contribution in [0, 0.1) is 0 Å². The molecule has 33 heavy (non-hydrogen) atoms. The summed E-state index contributed by atoms with van der Waals surface area (Å²) in [7, 11) is 1.84. The van der Waals surface area contributed by atoms with Crippen LogP contribution in [0.3, 0.4) is 0 Å². The highest BCUT2D eigenvalue weighted by molar-refractivity contribution is 5.89. The van der Waals surface area contributed by atoms with E-state index in [0.29, 0.717) is 11.4 Å². The first-order valence-electron chi connectivity index (χ1n) is 8.99. The molecular weight excluding hydrogens is 455 g/mol. The number of alkyl halides is 3. The first-order chi connectivity index (χ1) is 15.3. The van der Waals surface area contributed by atoms with Gasteiger partial charge in [-0.15, -0.1) is 0 Å². The summed E-state index contributed by atoms with van der Waals surface area (Å²) in [6, 6.07) is 5.14. The van der Waals surface area contributed by atoms with Crippen molar-refractivity contribution in [3.63, 3.8) is 0 Å². The van der Waals surface area contributed by atoms with E-state index in [0.717, 1.165) is 30.8 Å². The largest absolute Gasteiger partial charge is 0.481 e. The van der Waals surface area contributed by atoms with Crippen molar-refractivity contribution in [3.05, 3.63) is 41.7 Å². The summed E-state index contributed by atoms with van der Waals surface area (Å²) in [6.07, 6.45) is -3.55. The molecule has 0 spiro atoms. The van der Waals surface area contributed by atoms with E-state index in [1.54, 1.807) is 12.3 Å². The molecular formula is C19H22F3N3O8. The second kappa shape index (κ2) is 14.2. The maximum absolute atomic E-state index is 12.6. The van der Waals surface area contributed by atoms with Crippen LogP contribution in [0.5, 0.6) is 0 Å². The predicted octanol–water partition coefficient (Wildman–Crippen LogP) is 1.95. The highest BCUT2D eigenvalue weighted by atomic mass is 19.4. The smallest absolute Gasteiger partial charge is 0.416 e. The van der Waals surface area contributed by atoms with E-state index < -0.39 is 48.5 Å². The number of nitrogens with zero attached hydrogens (tertiary/aromatic N) is 1. The zero-order valence-electron chi connectivity index (χ0n) is 17.2. The second-order valence-corrected chi connectivity index (χ2v) is 6.12. The third-order valence-corrected chi connectivity index (χ3v) is 3.34. The summed E-state index contributed by atoms with van der Waals surface area (Å²) in [5, 5.41) is 33.8. The van der Waals surface area contributed by atoms with Gasteiger partial charge in [0, 0.05) is 30.4 Å². The number of rotatable bonds is 8. The molecule has 6 N–H and O–H groups in total. The fourth-order valence-corrected chi connectivity index (χ4v) is 1.99. The van der Waals surface area contributed by atoms with Crippen molar-refractivity contribution >= 4 is 23.9 Å². The number of benzene rings is 1. The van der Waals surface area contributed by atoms with Gasteiger partial charge < -0.3 is 30.7 Å². The Hall–Kier alpha value is -3.94. The Bertz CT molecular complexity index is 894. The van der Waals surface area contributed by atoms with Crippen LogP contribution >= 0.6 is 0 Å². The molecule has 0 atom stereocenters. The zero-order valence-corrected chi connectivity index (χ0v) is 17.2. The van der Waals surface area contributed by atoms with E-state index in [1.807, 2.05) is 7.05 Å². The lowest BCUT2D eigenvalue weighted by atomic mass is 10.1. The maximum Gasteiger partial charge on any atom is 0.416 e. The lowest BCUT2D eigenvalue weighted by molar-refractivity contribution is -0.149. The van der Waals surface area contributed by atoms with Gasteiger partial charge in [-0.25, -0.2) is 4.98 Å². The molecule has 0 amide bonds. The Labute approximate surface area is 184 Å². The van der Waals surface area contributed by atoms with Gasteiger partial charge in [-0.1, -0.05) is 12.1 Å². The van der Waals surface area contributed by atoms with Gasteiger partial charge in [0.2, 0.25) is 0 Å². The highest BCUT2D eigenvalue weighted by Crippen LogP contribution is 2.31. The Balaban J connectivity index is 0.000000605. The van der Waals surface area contributed by atoms with Gasteiger partial charge in [-0.3, -0.25) is 19.2 Å². The van der Waals surface area contributed by atoms with Gasteiger partial charge in [-0.2, -0.15) is 13.2 Å². The number of aromatic nitrogens is 2. The SMILES string of the molecule is CNCCc1cnc(-c2cccc(C(F)(F)F)c2)[nH]1.O=C(O)CC(=O)O.O=C(O)CC(=O)O. The minimum absolute atomic E-state index is 0.436. The molecule has 0 saturated carbocycles. The normalized spacial score (nSPS) is 10.2. The lowest BCUT2D eigenvalue weighted by Crippen LogP contribution is -2.10. The van der Waals surface area contributed by atoms with Gasteiger partial charge >= 0.3 is 30.1 Å². The van der Waals surface area contributed by atoms with Crippen LogP contribution in [-0.4, -0.2) is 67.9 Å². The van der Waals surface area contributed by atoms with Crippen molar-refractivity contribution in [1.82, 2.24) is 15.3 Å². The van der Waals surface area contributed by atoms with E-state index in [4.69, 9.17) is 20.4 Å². The van der Waals surface area contributed by atoms with Crippen molar-refractivity contribution in [2.75, 3.05) is 13.6 Å². The topological polar surface area (TPSA) is 190 Å². The van der Waals surface area contributed by atoms with Crippen LogP contribution in [0.2, 0.25) is 0 Å². The molecule has 1 heterocycles. The van der Waals surface area contributed by atoms with Crippen LogP contribution in [0.15, 0.2) is 30.5 Å². The first-order valence-corrected chi connectivity index (χ1v) is 8.99. The molecule has 1 aromatic heterocycles. The maximum atomic E-state index is 12.6. The molecule has 2 aromatic rings. The number of carboxylic acid groups (broad SMARTS) is 4. The quantitative estimate of drug-likeness (QED) is 0.306. The van der Waals surface area contributed by atoms with E-state index in [9.17, 15) is 32.3 Å². The predicted molar refractivity (Wildman–Crippen MR) is 106 cm³/mol. The van der Waals surface area contributed by atoms with Crippen molar-refractivity contribution in [1.29, 1.82) is 0 Å². The number of aliphatic carboxylic acids is 4. The van der Waals surface area contributed by atoms with Gasteiger partial charge in [-0.05, 0) is 19.2 Å². The van der Waals surface area contributed by atoms with Crippen LogP contribution < -0.4 is 5.32 Å². The van der Waals surface area contributed by atoms with Crippen molar-refractivity contribution < 1.29 is 52.8 Å². The van der Waals surface area contributed by atoms with E-state index in [-0.39, 0.29) is 0 Å². The number of hydrogen-bond acceptors (Lipinski definition) is 6. The molecule has 0 aliphatic heterocycles. The first kappa shape index (κ1) is 29.1. The summed E-state index contributed by atoms with van der Waals surface area (Å²) in [6.45, 7) is 0.782. The van der Waals surface area contributed by atoms with E-state index in [1.165, 1.54) is 6.07 Å². The minimum atomic E-state index is -4.34. The fourth-order valence-electron chi connectivity index (χ4n) is 1.99. The molecule has 2 rings (SSSR count). The molecule has 0 fully saturated rings. The number of H-pyrrole nitrogens is 1. The fraction of sp³-hybridized carbons (Fsp3) is 0.316. The molecule has 0 aliphatic rings. The van der Waals surface area contributed by atoms with Crippen LogP contribution in [0.25, 0.3) is 11.4 Å². The van der Waals surface area contributed by atoms with E-state index >= 15 is 0 Å². The molecule has 11 nitrogen and oxygen atoms in total. The number of carboxylic acids is 4. The number of likely N-dealkylation sites (N-methyl/N-ethyl adjacent to an activating group) is 1. The number of halogens is 3. The second-order valence-electron chi connectivity index (χ2n) is 6.12. The number of carbonyl (C=O) groups is 4. The third kappa shape index (κ3) is 13.9. The molecule has 0 saturated heterocycles. The molecule has 14 heteroatoms. The van der Waals surface area contributed by atoms with Crippen LogP contribution in [0.4, 0.5) is 13.2 Å². The highest BCUT2D eigenvalue weighted by Gasteiger charge is 2.30. The number of aromatic amines is 1. The third-order valence-electron chi connectivity index (χ3n) is 3.34. The summed E-state index contributed by atoms with van der Waals surface area (Å²) in [5.41, 5.74) is 0.658.